The number of benzene rings is 1. The normalized spacial score (nSPS) is 24.4. The summed E-state index contributed by atoms with van der Waals surface area (Å²) in [6.07, 6.45) is 0.569. The van der Waals surface area contributed by atoms with Gasteiger partial charge >= 0.3 is 0 Å². The van der Waals surface area contributed by atoms with Crippen LogP contribution in [0.5, 0.6) is 5.75 Å². The molecule has 1 fully saturated rings. The summed E-state index contributed by atoms with van der Waals surface area (Å²) in [5, 5.41) is 0. The molecule has 1 saturated heterocycles. The Morgan fingerprint density at radius 2 is 2.00 bits per heavy atom. The van der Waals surface area contributed by atoms with Crippen LogP contribution in [0.2, 0.25) is 0 Å². The van der Waals surface area contributed by atoms with Crippen molar-refractivity contribution in [2.45, 2.75) is 39.1 Å². The molecule has 0 saturated carbocycles. The molecule has 2 atom stereocenters. The Morgan fingerprint density at radius 1 is 1.32 bits per heavy atom. The Balaban J connectivity index is 2.12. The molecule has 0 amide bonds. The van der Waals surface area contributed by atoms with Gasteiger partial charge in [0.05, 0.1) is 19.3 Å². The zero-order valence-corrected chi connectivity index (χ0v) is 12.1. The number of hydrogen-bond donors (Lipinski definition) is 1. The van der Waals surface area contributed by atoms with E-state index in [2.05, 4.69) is 24.8 Å². The van der Waals surface area contributed by atoms with Crippen LogP contribution in [0.4, 0.5) is 0 Å². The number of ether oxygens (including phenoxy) is 2. The minimum Gasteiger partial charge on any atom is -0.496 e. The van der Waals surface area contributed by atoms with Crippen molar-refractivity contribution in [1.29, 1.82) is 0 Å². The van der Waals surface area contributed by atoms with E-state index in [0.29, 0.717) is 6.54 Å². The van der Waals surface area contributed by atoms with Gasteiger partial charge in [-0.3, -0.25) is 4.90 Å². The van der Waals surface area contributed by atoms with E-state index >= 15 is 0 Å². The van der Waals surface area contributed by atoms with Gasteiger partial charge in [-0.25, -0.2) is 0 Å². The number of morpholine rings is 1. The van der Waals surface area contributed by atoms with Crippen molar-refractivity contribution in [1.82, 2.24) is 4.90 Å². The van der Waals surface area contributed by atoms with Crippen molar-refractivity contribution in [2.24, 2.45) is 5.73 Å². The summed E-state index contributed by atoms with van der Waals surface area (Å²) in [6, 6.07) is 6.17. The maximum absolute atomic E-state index is 5.76. The van der Waals surface area contributed by atoms with Crippen molar-refractivity contribution in [2.75, 3.05) is 20.2 Å². The van der Waals surface area contributed by atoms with Crippen LogP contribution < -0.4 is 10.5 Å². The number of methoxy groups -OCH3 is 1. The molecule has 0 aliphatic carbocycles. The van der Waals surface area contributed by atoms with Gasteiger partial charge in [-0.2, -0.15) is 0 Å². The molecular weight excluding hydrogens is 240 g/mol. The molecule has 2 unspecified atom stereocenters. The SMILES string of the molecule is COc1ccc(CN)cc1CN1CC(C)OC(C)C1. The first-order valence-corrected chi connectivity index (χ1v) is 6.86. The second-order valence-corrected chi connectivity index (χ2v) is 5.30. The first kappa shape index (κ1) is 14.3. The average Bonchev–Trinajstić information content (AvgIpc) is 2.37. The van der Waals surface area contributed by atoms with Crippen LogP contribution in [0.1, 0.15) is 25.0 Å². The number of hydrogen-bond acceptors (Lipinski definition) is 4. The van der Waals surface area contributed by atoms with Crippen LogP contribution in [0, 0.1) is 0 Å². The van der Waals surface area contributed by atoms with E-state index in [1.807, 2.05) is 12.1 Å². The number of nitrogens with zero attached hydrogens (tertiary/aromatic N) is 1. The smallest absolute Gasteiger partial charge is 0.123 e. The summed E-state index contributed by atoms with van der Waals surface area (Å²) < 4.78 is 11.2. The fourth-order valence-electron chi connectivity index (χ4n) is 2.74. The minimum atomic E-state index is 0.285. The van der Waals surface area contributed by atoms with Crippen LogP contribution in [-0.2, 0) is 17.8 Å². The lowest BCUT2D eigenvalue weighted by Gasteiger charge is -2.35. The highest BCUT2D eigenvalue weighted by atomic mass is 16.5. The van der Waals surface area contributed by atoms with Gasteiger partial charge in [-0.15, -0.1) is 0 Å². The Kier molecular flexibility index (Phi) is 4.80. The average molecular weight is 264 g/mol. The van der Waals surface area contributed by atoms with E-state index in [-0.39, 0.29) is 12.2 Å². The largest absolute Gasteiger partial charge is 0.496 e. The van der Waals surface area contributed by atoms with Gasteiger partial charge in [0.1, 0.15) is 5.75 Å². The lowest BCUT2D eigenvalue weighted by atomic mass is 10.1. The van der Waals surface area contributed by atoms with Crippen LogP contribution >= 0.6 is 0 Å². The molecule has 2 N–H and O–H groups in total. The molecule has 1 heterocycles. The maximum atomic E-state index is 5.76. The molecule has 0 bridgehead atoms. The second kappa shape index (κ2) is 6.37. The van der Waals surface area contributed by atoms with Crippen molar-refractivity contribution in [3.63, 3.8) is 0 Å². The van der Waals surface area contributed by atoms with Crippen LogP contribution in [0.3, 0.4) is 0 Å². The van der Waals surface area contributed by atoms with E-state index in [4.69, 9.17) is 15.2 Å². The lowest BCUT2D eigenvalue weighted by Crippen LogP contribution is -2.44. The third-order valence-corrected chi connectivity index (χ3v) is 3.47. The molecule has 1 aromatic rings. The van der Waals surface area contributed by atoms with E-state index in [0.717, 1.165) is 30.9 Å². The van der Waals surface area contributed by atoms with E-state index in [9.17, 15) is 0 Å². The highest BCUT2D eigenvalue weighted by Gasteiger charge is 2.22. The maximum Gasteiger partial charge on any atom is 0.123 e. The molecule has 106 valence electrons. The van der Waals surface area contributed by atoms with Gasteiger partial charge < -0.3 is 15.2 Å². The monoisotopic (exact) mass is 264 g/mol. The fourth-order valence-corrected chi connectivity index (χ4v) is 2.74. The Labute approximate surface area is 115 Å². The topological polar surface area (TPSA) is 47.7 Å². The van der Waals surface area contributed by atoms with Gasteiger partial charge in [0.2, 0.25) is 0 Å². The summed E-state index contributed by atoms with van der Waals surface area (Å²) in [6.45, 7) is 7.61. The van der Waals surface area contributed by atoms with E-state index in [1.165, 1.54) is 5.56 Å². The van der Waals surface area contributed by atoms with Gasteiger partial charge in [-0.1, -0.05) is 6.07 Å². The first-order valence-electron chi connectivity index (χ1n) is 6.86. The standard InChI is InChI=1S/C15H24N2O2/c1-11-8-17(9-12(2)19-11)10-14-6-13(7-16)4-5-15(14)18-3/h4-6,11-12H,7-10,16H2,1-3H3. The Bertz CT molecular complexity index is 413. The summed E-state index contributed by atoms with van der Waals surface area (Å²) >= 11 is 0. The van der Waals surface area contributed by atoms with E-state index < -0.39 is 0 Å². The van der Waals surface area contributed by atoms with Gasteiger partial charge in [0, 0.05) is 31.7 Å². The molecule has 4 heteroatoms. The lowest BCUT2D eigenvalue weighted by molar-refractivity contribution is -0.0706. The third kappa shape index (κ3) is 3.69. The molecule has 0 aromatic heterocycles. The summed E-state index contributed by atoms with van der Waals surface area (Å²) in [7, 11) is 1.71. The molecular formula is C15H24N2O2. The zero-order chi connectivity index (χ0) is 13.8. The summed E-state index contributed by atoms with van der Waals surface area (Å²) in [4.78, 5) is 2.41. The van der Waals surface area contributed by atoms with Crippen molar-refractivity contribution < 1.29 is 9.47 Å². The molecule has 1 aliphatic heterocycles. The second-order valence-electron chi connectivity index (χ2n) is 5.30. The minimum absolute atomic E-state index is 0.285. The predicted molar refractivity (Wildman–Crippen MR) is 76.2 cm³/mol. The summed E-state index contributed by atoms with van der Waals surface area (Å²) in [5.74, 6) is 0.934. The van der Waals surface area contributed by atoms with Crippen molar-refractivity contribution in [3.8, 4) is 5.75 Å². The van der Waals surface area contributed by atoms with Gasteiger partial charge in [0.15, 0.2) is 0 Å². The van der Waals surface area contributed by atoms with Crippen LogP contribution in [0.15, 0.2) is 18.2 Å². The molecule has 0 radical (unpaired) electrons. The predicted octanol–water partition coefficient (Wildman–Crippen LogP) is 1.76. The zero-order valence-electron chi connectivity index (χ0n) is 12.1. The Hall–Kier alpha value is -1.10. The van der Waals surface area contributed by atoms with Crippen LogP contribution in [-0.4, -0.2) is 37.3 Å². The molecule has 4 nitrogen and oxygen atoms in total. The van der Waals surface area contributed by atoms with Crippen LogP contribution in [0.25, 0.3) is 0 Å². The molecule has 0 spiro atoms. The number of rotatable bonds is 4. The van der Waals surface area contributed by atoms with Gasteiger partial charge in [0.25, 0.3) is 0 Å². The first-order chi connectivity index (χ1) is 9.12. The number of nitrogens with two attached hydrogens (primary N) is 1. The summed E-state index contributed by atoms with van der Waals surface area (Å²) in [5.41, 5.74) is 8.06. The fraction of sp³-hybridized carbons (Fsp3) is 0.600. The molecule has 19 heavy (non-hydrogen) atoms. The highest BCUT2D eigenvalue weighted by molar-refractivity contribution is 5.37. The quantitative estimate of drug-likeness (QED) is 0.900. The molecule has 2 rings (SSSR count). The van der Waals surface area contributed by atoms with Gasteiger partial charge in [-0.05, 0) is 31.5 Å². The molecule has 1 aliphatic rings. The van der Waals surface area contributed by atoms with Crippen molar-refractivity contribution >= 4 is 0 Å². The molecule has 1 aromatic carbocycles. The highest BCUT2D eigenvalue weighted by Crippen LogP contribution is 2.23. The van der Waals surface area contributed by atoms with Crippen molar-refractivity contribution in [3.05, 3.63) is 29.3 Å². The Morgan fingerprint density at radius 3 is 2.58 bits per heavy atom. The third-order valence-electron chi connectivity index (χ3n) is 3.47. The van der Waals surface area contributed by atoms with E-state index in [1.54, 1.807) is 7.11 Å².